The average Bonchev–Trinajstić information content (AvgIpc) is 2.95. The maximum atomic E-state index is 12.7. The van der Waals surface area contributed by atoms with Gasteiger partial charge < -0.3 is 10.2 Å². The van der Waals surface area contributed by atoms with Crippen LogP contribution in [0.2, 0.25) is 0 Å². The number of nitrogens with one attached hydrogen (secondary N) is 1. The average molecular weight is 280 g/mol. The van der Waals surface area contributed by atoms with Crippen molar-refractivity contribution in [1.82, 2.24) is 10.2 Å². The molecule has 3 atom stereocenters. The minimum Gasteiger partial charge on any atom is -0.342 e. The van der Waals surface area contributed by atoms with Gasteiger partial charge in [0, 0.05) is 6.54 Å². The largest absolute Gasteiger partial charge is 0.342 e. The van der Waals surface area contributed by atoms with Gasteiger partial charge in [-0.25, -0.2) is 0 Å². The molecule has 1 heterocycles. The molecule has 2 aliphatic rings. The Labute approximate surface area is 122 Å². The van der Waals surface area contributed by atoms with Crippen molar-refractivity contribution in [3.63, 3.8) is 0 Å². The lowest BCUT2D eigenvalue weighted by molar-refractivity contribution is -0.151. The molecular weight excluding hydrogens is 252 g/mol. The molecule has 1 aliphatic heterocycles. The number of carbonyl (C=O) groups excluding carboxylic acids is 2. The first-order valence-electron chi connectivity index (χ1n) is 8.19. The molecule has 0 aromatic rings. The summed E-state index contributed by atoms with van der Waals surface area (Å²) in [5, 5.41) is 2.94. The van der Waals surface area contributed by atoms with Crippen LogP contribution in [0.15, 0.2) is 0 Å². The summed E-state index contributed by atoms with van der Waals surface area (Å²) in [7, 11) is 0. The van der Waals surface area contributed by atoms with Gasteiger partial charge in [-0.3, -0.25) is 9.59 Å². The van der Waals surface area contributed by atoms with Gasteiger partial charge in [-0.2, -0.15) is 0 Å². The Balaban J connectivity index is 2.13. The number of nitrogens with zero attached hydrogens (tertiary/aromatic N) is 1. The molecule has 3 unspecified atom stereocenters. The number of carbonyl (C=O) groups is 2. The van der Waals surface area contributed by atoms with Crippen LogP contribution in [0.5, 0.6) is 0 Å². The van der Waals surface area contributed by atoms with Gasteiger partial charge in [0.25, 0.3) is 0 Å². The predicted molar refractivity (Wildman–Crippen MR) is 79.1 cm³/mol. The van der Waals surface area contributed by atoms with Gasteiger partial charge in [0.2, 0.25) is 11.8 Å². The van der Waals surface area contributed by atoms with Crippen LogP contribution in [-0.4, -0.2) is 35.3 Å². The molecule has 1 saturated heterocycles. The highest BCUT2D eigenvalue weighted by Crippen LogP contribution is 2.28. The molecule has 4 heteroatoms. The van der Waals surface area contributed by atoms with Gasteiger partial charge in [0.05, 0.1) is 0 Å². The van der Waals surface area contributed by atoms with E-state index in [1.165, 1.54) is 25.7 Å². The number of amides is 2. The minimum absolute atomic E-state index is 0.0374. The number of rotatable bonds is 5. The fourth-order valence-corrected chi connectivity index (χ4v) is 3.50. The van der Waals surface area contributed by atoms with E-state index in [4.69, 9.17) is 0 Å². The van der Waals surface area contributed by atoms with E-state index in [0.29, 0.717) is 12.3 Å². The third-order valence-corrected chi connectivity index (χ3v) is 5.06. The summed E-state index contributed by atoms with van der Waals surface area (Å²) >= 11 is 0. The molecule has 1 saturated carbocycles. The maximum absolute atomic E-state index is 12.7. The van der Waals surface area contributed by atoms with E-state index >= 15 is 0 Å². The highest BCUT2D eigenvalue weighted by atomic mass is 16.2. The highest BCUT2D eigenvalue weighted by molar-refractivity contribution is 5.97. The summed E-state index contributed by atoms with van der Waals surface area (Å²) in [5.41, 5.74) is 0. The zero-order valence-electron chi connectivity index (χ0n) is 13.0. The van der Waals surface area contributed by atoms with Crippen molar-refractivity contribution >= 4 is 11.8 Å². The lowest BCUT2D eigenvalue weighted by Crippen LogP contribution is -2.65. The fourth-order valence-electron chi connectivity index (χ4n) is 3.50. The second-order valence-electron chi connectivity index (χ2n) is 6.44. The summed E-state index contributed by atoms with van der Waals surface area (Å²) in [5.74, 6) is 0.972. The van der Waals surface area contributed by atoms with E-state index < -0.39 is 0 Å². The Morgan fingerprint density at radius 2 is 1.90 bits per heavy atom. The van der Waals surface area contributed by atoms with Crippen LogP contribution in [0.25, 0.3) is 0 Å². The molecule has 1 N–H and O–H groups in total. The van der Waals surface area contributed by atoms with Crippen molar-refractivity contribution in [1.29, 1.82) is 0 Å². The van der Waals surface area contributed by atoms with Crippen molar-refractivity contribution in [3.05, 3.63) is 0 Å². The van der Waals surface area contributed by atoms with Gasteiger partial charge in [0.1, 0.15) is 12.1 Å². The molecule has 2 amide bonds. The molecule has 0 bridgehead atoms. The first-order valence-corrected chi connectivity index (χ1v) is 8.19. The van der Waals surface area contributed by atoms with Crippen LogP contribution >= 0.6 is 0 Å². The van der Waals surface area contributed by atoms with Crippen molar-refractivity contribution < 1.29 is 9.59 Å². The minimum atomic E-state index is -0.322. The third kappa shape index (κ3) is 2.99. The molecule has 2 fully saturated rings. The van der Waals surface area contributed by atoms with E-state index in [1.54, 1.807) is 0 Å². The van der Waals surface area contributed by atoms with E-state index in [0.717, 1.165) is 13.0 Å². The van der Waals surface area contributed by atoms with Crippen LogP contribution in [0.3, 0.4) is 0 Å². The summed E-state index contributed by atoms with van der Waals surface area (Å²) in [4.78, 5) is 26.9. The van der Waals surface area contributed by atoms with Crippen molar-refractivity contribution in [2.24, 2.45) is 11.8 Å². The summed E-state index contributed by atoms with van der Waals surface area (Å²) < 4.78 is 0. The molecule has 0 aromatic carbocycles. The van der Waals surface area contributed by atoms with Gasteiger partial charge in [-0.15, -0.1) is 0 Å². The van der Waals surface area contributed by atoms with E-state index in [-0.39, 0.29) is 29.8 Å². The molecular formula is C16H28N2O2. The Morgan fingerprint density at radius 3 is 2.45 bits per heavy atom. The molecule has 0 aromatic heterocycles. The standard InChI is InChI=1S/C16H28N2O2/c1-4-11(3)14-16(20)18(10-12-8-6-7-9-12)13(5-2)15(19)17-14/h11-14H,4-10H2,1-3H3,(H,17,19). The van der Waals surface area contributed by atoms with Crippen molar-refractivity contribution in [2.75, 3.05) is 6.54 Å². The summed E-state index contributed by atoms with van der Waals surface area (Å²) in [6.07, 6.45) is 6.56. The van der Waals surface area contributed by atoms with Crippen LogP contribution in [-0.2, 0) is 9.59 Å². The first kappa shape index (κ1) is 15.3. The van der Waals surface area contributed by atoms with E-state index in [9.17, 15) is 9.59 Å². The monoisotopic (exact) mass is 280 g/mol. The number of hydrogen-bond acceptors (Lipinski definition) is 2. The molecule has 1 aliphatic carbocycles. The first-order chi connectivity index (χ1) is 9.58. The maximum Gasteiger partial charge on any atom is 0.246 e. The second-order valence-corrected chi connectivity index (χ2v) is 6.44. The zero-order chi connectivity index (χ0) is 14.7. The second kappa shape index (κ2) is 6.59. The number of hydrogen-bond donors (Lipinski definition) is 1. The quantitative estimate of drug-likeness (QED) is 0.840. The molecule has 20 heavy (non-hydrogen) atoms. The Hall–Kier alpha value is -1.06. The smallest absolute Gasteiger partial charge is 0.246 e. The molecule has 114 valence electrons. The molecule has 0 radical (unpaired) electrons. The molecule has 4 nitrogen and oxygen atoms in total. The zero-order valence-corrected chi connectivity index (χ0v) is 13.0. The van der Waals surface area contributed by atoms with E-state index in [2.05, 4.69) is 12.2 Å². The summed E-state index contributed by atoms with van der Waals surface area (Å²) in [6, 6.07) is -0.583. The fraction of sp³-hybridized carbons (Fsp3) is 0.875. The van der Waals surface area contributed by atoms with Crippen molar-refractivity contribution in [2.45, 2.75) is 71.4 Å². The van der Waals surface area contributed by atoms with Crippen LogP contribution in [0.4, 0.5) is 0 Å². The predicted octanol–water partition coefficient (Wildman–Crippen LogP) is 2.33. The Kier molecular flexibility index (Phi) is 5.06. The SMILES string of the molecule is CCC(C)C1NC(=O)C(CC)N(CC2CCCC2)C1=O. The van der Waals surface area contributed by atoms with Gasteiger partial charge in [-0.05, 0) is 31.1 Å². The van der Waals surface area contributed by atoms with Crippen LogP contribution in [0, 0.1) is 11.8 Å². The van der Waals surface area contributed by atoms with Gasteiger partial charge in [-0.1, -0.05) is 40.0 Å². The lowest BCUT2D eigenvalue weighted by atomic mass is 9.92. The van der Waals surface area contributed by atoms with Crippen molar-refractivity contribution in [3.8, 4) is 0 Å². The summed E-state index contributed by atoms with van der Waals surface area (Å²) in [6.45, 7) is 6.88. The third-order valence-electron chi connectivity index (χ3n) is 5.06. The van der Waals surface area contributed by atoms with Crippen LogP contribution < -0.4 is 5.32 Å². The van der Waals surface area contributed by atoms with E-state index in [1.807, 2.05) is 18.7 Å². The lowest BCUT2D eigenvalue weighted by Gasteiger charge is -2.41. The Morgan fingerprint density at radius 1 is 1.25 bits per heavy atom. The molecule has 0 spiro atoms. The topological polar surface area (TPSA) is 49.4 Å². The van der Waals surface area contributed by atoms with Gasteiger partial charge in [0.15, 0.2) is 0 Å². The number of piperazine rings is 1. The van der Waals surface area contributed by atoms with Gasteiger partial charge >= 0.3 is 0 Å². The van der Waals surface area contributed by atoms with Crippen LogP contribution in [0.1, 0.15) is 59.3 Å². The molecule has 2 rings (SSSR count). The Bertz CT molecular complexity index is 363. The normalized spacial score (nSPS) is 29.6. The highest BCUT2D eigenvalue weighted by Gasteiger charge is 2.42.